The zero-order valence-corrected chi connectivity index (χ0v) is 6.60. The van der Waals surface area contributed by atoms with Crippen molar-refractivity contribution in [3.63, 3.8) is 0 Å². The molecule has 3 nitrogen and oxygen atoms in total. The Hall–Kier alpha value is -0.740. The second-order valence-corrected chi connectivity index (χ2v) is 4.04. The highest BCUT2D eigenvalue weighted by molar-refractivity contribution is 7.96. The molecular formula is C6H10N2OS. The molecule has 0 aliphatic heterocycles. The topological polar surface area (TPSA) is 48.0 Å². The number of hydrogen-bond acceptors (Lipinski definition) is 1. The molecule has 10 heavy (non-hydrogen) atoms. The van der Waals surface area contributed by atoms with Crippen molar-refractivity contribution in [2.75, 3.05) is 0 Å². The maximum atomic E-state index is 11.0. The summed E-state index contributed by atoms with van der Waals surface area (Å²) in [6.07, 6.45) is 3.36. The molecule has 1 rings (SSSR count). The van der Waals surface area contributed by atoms with Crippen LogP contribution in [-0.2, 0) is 9.89 Å². The molecule has 4 heteroatoms. The van der Waals surface area contributed by atoms with Crippen LogP contribution in [0.2, 0.25) is 0 Å². The summed E-state index contributed by atoms with van der Waals surface area (Å²) in [4.78, 5) is 0. The van der Waals surface area contributed by atoms with E-state index in [1.807, 2.05) is 13.0 Å². The van der Waals surface area contributed by atoms with Gasteiger partial charge in [0.15, 0.2) is 0 Å². The molecule has 0 bridgehead atoms. The molecule has 2 N–H and O–H groups in total. The predicted octanol–water partition coefficient (Wildman–Crippen LogP) is 0.150. The fourth-order valence-electron chi connectivity index (χ4n) is 0.670. The molecule has 0 aromatic carbocycles. The number of rotatable bonds is 1. The van der Waals surface area contributed by atoms with Gasteiger partial charge in [0.1, 0.15) is 9.89 Å². The van der Waals surface area contributed by atoms with Gasteiger partial charge >= 0.3 is 0 Å². The molecule has 0 aliphatic rings. The van der Waals surface area contributed by atoms with Gasteiger partial charge in [-0.2, -0.15) is 0 Å². The Bertz CT molecular complexity index is 323. The zero-order chi connectivity index (χ0) is 7.78. The van der Waals surface area contributed by atoms with Crippen molar-refractivity contribution in [1.82, 2.24) is 3.97 Å². The van der Waals surface area contributed by atoms with Crippen LogP contribution in [0.4, 0.5) is 0 Å². The predicted molar refractivity (Wildman–Crippen MR) is 44.0 cm³/mol. The van der Waals surface area contributed by atoms with Crippen LogP contribution in [0.25, 0.3) is 0 Å². The van der Waals surface area contributed by atoms with Crippen LogP contribution in [0.15, 0.2) is 18.5 Å². The lowest BCUT2D eigenvalue weighted by Gasteiger charge is -2.01. The van der Waals surface area contributed by atoms with E-state index >= 15 is 0 Å². The van der Waals surface area contributed by atoms with Crippen molar-refractivity contribution in [2.45, 2.75) is 6.92 Å². The number of nitrogens with zero attached hydrogens (tertiary/aromatic N) is 1. The Morgan fingerprint density at radius 3 is 2.60 bits per heavy atom. The first-order chi connectivity index (χ1) is 4.50. The van der Waals surface area contributed by atoms with E-state index in [4.69, 9.17) is 5.14 Å². The average molecular weight is 158 g/mol. The molecule has 0 radical (unpaired) electrons. The molecule has 1 unspecified atom stereocenters. The third-order valence-electron chi connectivity index (χ3n) is 1.17. The second-order valence-electron chi connectivity index (χ2n) is 2.24. The molecule has 1 heterocycles. The van der Waals surface area contributed by atoms with E-state index in [1.54, 1.807) is 12.4 Å². The van der Waals surface area contributed by atoms with Crippen LogP contribution < -0.4 is 5.14 Å². The third-order valence-corrected chi connectivity index (χ3v) is 2.11. The summed E-state index contributed by atoms with van der Waals surface area (Å²) >= 11 is 0. The standard InChI is InChI=1S/C6H10N2OS/c1-6-3-4-8(5-6)10(2,7)9/h3-5H,2H2,1H3,(H2,7,9). The molecule has 1 atom stereocenters. The second kappa shape index (κ2) is 2.14. The molecule has 0 aliphatic carbocycles. The summed E-state index contributed by atoms with van der Waals surface area (Å²) in [5.41, 5.74) is 1.03. The van der Waals surface area contributed by atoms with Gasteiger partial charge in [0, 0.05) is 12.4 Å². The lowest BCUT2D eigenvalue weighted by Crippen LogP contribution is -2.19. The van der Waals surface area contributed by atoms with E-state index in [2.05, 4.69) is 5.87 Å². The maximum absolute atomic E-state index is 11.0. The first-order valence-electron chi connectivity index (χ1n) is 2.80. The van der Waals surface area contributed by atoms with Crippen LogP contribution in [0.1, 0.15) is 5.56 Å². The minimum Gasteiger partial charge on any atom is -0.271 e. The van der Waals surface area contributed by atoms with Crippen molar-refractivity contribution in [2.24, 2.45) is 5.14 Å². The Balaban J connectivity index is 3.21. The first kappa shape index (κ1) is 7.37. The SMILES string of the molecule is C=S(N)(=O)n1ccc(C)c1. The van der Waals surface area contributed by atoms with Crippen LogP contribution in [0.3, 0.4) is 0 Å². The molecule has 0 saturated carbocycles. The van der Waals surface area contributed by atoms with Gasteiger partial charge in [-0.3, -0.25) is 3.97 Å². The zero-order valence-electron chi connectivity index (χ0n) is 5.78. The number of aromatic nitrogens is 1. The number of aryl methyl sites for hydroxylation is 1. The van der Waals surface area contributed by atoms with Gasteiger partial charge in [-0.05, 0) is 24.4 Å². The van der Waals surface area contributed by atoms with Gasteiger partial charge in [-0.15, -0.1) is 0 Å². The molecule has 1 aromatic rings. The largest absolute Gasteiger partial charge is 0.271 e. The third kappa shape index (κ3) is 1.40. The summed E-state index contributed by atoms with van der Waals surface area (Å²) in [5, 5.41) is 5.25. The average Bonchev–Trinajstić information content (AvgIpc) is 2.11. The minimum absolute atomic E-state index is 1.03. The summed E-state index contributed by atoms with van der Waals surface area (Å²) in [7, 11) is -2.57. The minimum atomic E-state index is -2.57. The van der Waals surface area contributed by atoms with Crippen molar-refractivity contribution in [3.8, 4) is 0 Å². The summed E-state index contributed by atoms with van der Waals surface area (Å²) in [5.74, 6) is 3.32. The summed E-state index contributed by atoms with van der Waals surface area (Å²) in [6, 6.07) is 1.83. The fourth-order valence-corrected chi connectivity index (χ4v) is 1.28. The van der Waals surface area contributed by atoms with Crippen LogP contribution >= 0.6 is 0 Å². The van der Waals surface area contributed by atoms with Crippen LogP contribution in [-0.4, -0.2) is 14.1 Å². The molecular weight excluding hydrogens is 148 g/mol. The highest BCUT2D eigenvalue weighted by Crippen LogP contribution is 1.99. The van der Waals surface area contributed by atoms with Gasteiger partial charge in [-0.25, -0.2) is 9.35 Å². The Kier molecular flexibility index (Phi) is 1.58. The van der Waals surface area contributed by atoms with Crippen molar-refractivity contribution in [3.05, 3.63) is 24.0 Å². The molecule has 1 aromatic heterocycles. The Labute approximate surface area is 60.7 Å². The number of hydrogen-bond donors (Lipinski definition) is 1. The van der Waals surface area contributed by atoms with Crippen molar-refractivity contribution in [1.29, 1.82) is 0 Å². The Morgan fingerprint density at radius 1 is 1.80 bits per heavy atom. The molecule has 0 amide bonds. The number of nitrogens with two attached hydrogens (primary N) is 1. The molecule has 0 fully saturated rings. The van der Waals surface area contributed by atoms with Crippen molar-refractivity contribution < 1.29 is 4.21 Å². The van der Waals surface area contributed by atoms with Gasteiger partial charge in [0.05, 0.1) is 0 Å². The normalized spacial score (nSPS) is 16.6. The summed E-state index contributed by atoms with van der Waals surface area (Å²) in [6.45, 7) is 1.90. The van der Waals surface area contributed by atoms with E-state index in [-0.39, 0.29) is 0 Å². The lowest BCUT2D eigenvalue weighted by atomic mass is 10.4. The van der Waals surface area contributed by atoms with Gasteiger partial charge in [0.25, 0.3) is 0 Å². The summed E-state index contributed by atoms with van der Waals surface area (Å²) < 4.78 is 12.5. The first-order valence-corrected chi connectivity index (χ1v) is 4.55. The molecule has 0 spiro atoms. The smallest absolute Gasteiger partial charge is 0.110 e. The van der Waals surface area contributed by atoms with E-state index in [9.17, 15) is 4.21 Å². The fraction of sp³-hybridized carbons (Fsp3) is 0.167. The van der Waals surface area contributed by atoms with Crippen molar-refractivity contribution >= 4 is 15.8 Å². The van der Waals surface area contributed by atoms with E-state index in [0.717, 1.165) is 5.56 Å². The monoisotopic (exact) mass is 158 g/mol. The molecule has 56 valence electrons. The quantitative estimate of drug-likeness (QED) is 0.581. The van der Waals surface area contributed by atoms with Gasteiger partial charge < -0.3 is 0 Å². The highest BCUT2D eigenvalue weighted by Gasteiger charge is 1.96. The van der Waals surface area contributed by atoms with Gasteiger partial charge in [-0.1, -0.05) is 0 Å². The maximum Gasteiger partial charge on any atom is 0.110 e. The molecule has 0 saturated heterocycles. The van der Waals surface area contributed by atoms with Gasteiger partial charge in [0.2, 0.25) is 0 Å². The van der Waals surface area contributed by atoms with E-state index in [0.29, 0.717) is 0 Å². The highest BCUT2D eigenvalue weighted by atomic mass is 32.2. The Morgan fingerprint density at radius 2 is 2.40 bits per heavy atom. The van der Waals surface area contributed by atoms with Crippen LogP contribution in [0, 0.1) is 6.92 Å². The van der Waals surface area contributed by atoms with Crippen LogP contribution in [0.5, 0.6) is 0 Å². The van der Waals surface area contributed by atoms with E-state index < -0.39 is 9.89 Å². The van der Waals surface area contributed by atoms with E-state index in [1.165, 1.54) is 3.97 Å². The lowest BCUT2D eigenvalue weighted by molar-refractivity contribution is 0.676.